The molecule has 3 rings (SSSR count). The molecular formula is C19H24OSi. The average Bonchev–Trinajstić information content (AvgIpc) is 2.47. The van der Waals surface area contributed by atoms with Gasteiger partial charge in [-0.1, -0.05) is 79.8 Å². The second-order valence-corrected chi connectivity index (χ2v) is 9.06. The molecule has 0 spiro atoms. The van der Waals surface area contributed by atoms with Crippen LogP contribution in [0.4, 0.5) is 0 Å². The Morgan fingerprint density at radius 2 is 1.95 bits per heavy atom. The summed E-state index contributed by atoms with van der Waals surface area (Å²) < 4.78 is 6.55. The predicted octanol–water partition coefficient (Wildman–Crippen LogP) is 4.88. The monoisotopic (exact) mass is 296 g/mol. The molecule has 1 aromatic rings. The minimum absolute atomic E-state index is 0.193. The molecule has 0 N–H and O–H groups in total. The fourth-order valence-corrected chi connectivity index (χ4v) is 6.33. The lowest BCUT2D eigenvalue weighted by Gasteiger charge is -2.39. The van der Waals surface area contributed by atoms with Crippen LogP contribution in [0.1, 0.15) is 38.9 Å². The molecule has 21 heavy (non-hydrogen) atoms. The summed E-state index contributed by atoms with van der Waals surface area (Å²) in [7, 11) is -1.40. The Bertz CT molecular complexity index is 583. The van der Waals surface area contributed by atoms with Crippen LogP contribution in [0.15, 0.2) is 65.9 Å². The Morgan fingerprint density at radius 3 is 2.67 bits per heavy atom. The van der Waals surface area contributed by atoms with Crippen molar-refractivity contribution >= 4 is 9.04 Å². The van der Waals surface area contributed by atoms with Crippen LogP contribution in [0.25, 0.3) is 0 Å². The van der Waals surface area contributed by atoms with E-state index in [2.05, 4.69) is 81.1 Å². The van der Waals surface area contributed by atoms with Crippen molar-refractivity contribution in [2.24, 2.45) is 5.41 Å². The summed E-state index contributed by atoms with van der Waals surface area (Å²) >= 11 is 0. The molecule has 0 bridgehead atoms. The number of hydrogen-bond acceptors (Lipinski definition) is 1. The fraction of sp³-hybridized carbons (Fsp3) is 0.368. The molecular weight excluding hydrogens is 272 g/mol. The maximum absolute atomic E-state index is 6.55. The van der Waals surface area contributed by atoms with Gasteiger partial charge in [-0.15, -0.1) is 0 Å². The maximum Gasteiger partial charge on any atom is 0.209 e. The first-order chi connectivity index (χ1) is 10.1. The highest BCUT2D eigenvalue weighted by atomic mass is 28.3. The minimum atomic E-state index is -1.40. The SMILES string of the molecule is CC1=CC(C)(C)C([SiH]2C=CCC(c3ccccc3)O2)C=C1. The highest BCUT2D eigenvalue weighted by molar-refractivity contribution is 6.60. The van der Waals surface area contributed by atoms with E-state index in [1.54, 1.807) is 0 Å². The lowest BCUT2D eigenvalue weighted by atomic mass is 9.83. The molecule has 1 aliphatic carbocycles. The Kier molecular flexibility index (Phi) is 4.00. The Hall–Kier alpha value is -1.38. The van der Waals surface area contributed by atoms with Crippen LogP contribution in [0, 0.1) is 5.41 Å². The van der Waals surface area contributed by atoms with Crippen LogP contribution in [-0.4, -0.2) is 9.04 Å². The molecule has 3 unspecified atom stereocenters. The van der Waals surface area contributed by atoms with Gasteiger partial charge in [-0.3, -0.25) is 0 Å². The van der Waals surface area contributed by atoms with Gasteiger partial charge in [-0.25, -0.2) is 0 Å². The lowest BCUT2D eigenvalue weighted by Crippen LogP contribution is -2.35. The van der Waals surface area contributed by atoms with Gasteiger partial charge in [0.25, 0.3) is 0 Å². The summed E-state index contributed by atoms with van der Waals surface area (Å²) in [5, 5.41) is 0. The van der Waals surface area contributed by atoms with E-state index >= 15 is 0 Å². The summed E-state index contributed by atoms with van der Waals surface area (Å²) in [5.41, 5.74) is 5.78. The third-order valence-corrected chi connectivity index (χ3v) is 7.63. The van der Waals surface area contributed by atoms with Crippen LogP contribution in [0.2, 0.25) is 5.54 Å². The quantitative estimate of drug-likeness (QED) is 0.707. The van der Waals surface area contributed by atoms with Crippen LogP contribution in [0.5, 0.6) is 0 Å². The zero-order valence-corrected chi connectivity index (χ0v) is 14.3. The summed E-state index contributed by atoms with van der Waals surface area (Å²) in [6.45, 7) is 6.85. The van der Waals surface area contributed by atoms with E-state index in [-0.39, 0.29) is 11.5 Å². The van der Waals surface area contributed by atoms with Gasteiger partial charge in [0.15, 0.2) is 0 Å². The number of rotatable bonds is 2. The summed E-state index contributed by atoms with van der Waals surface area (Å²) in [6, 6.07) is 10.6. The van der Waals surface area contributed by atoms with Crippen LogP contribution in [-0.2, 0) is 4.43 Å². The van der Waals surface area contributed by atoms with Gasteiger partial charge in [0.05, 0.1) is 6.10 Å². The largest absolute Gasteiger partial charge is 0.408 e. The van der Waals surface area contributed by atoms with Gasteiger partial charge in [-0.05, 0) is 24.3 Å². The Balaban J connectivity index is 1.80. The molecule has 0 fully saturated rings. The minimum Gasteiger partial charge on any atom is -0.408 e. The molecule has 1 nitrogen and oxygen atoms in total. The molecule has 2 aliphatic rings. The first kappa shape index (κ1) is 14.5. The Labute approximate surface area is 129 Å². The fourth-order valence-electron chi connectivity index (χ4n) is 3.48. The van der Waals surface area contributed by atoms with Crippen molar-refractivity contribution in [3.8, 4) is 0 Å². The first-order valence-corrected chi connectivity index (χ1v) is 9.61. The normalized spacial score (nSPS) is 31.0. The van der Waals surface area contributed by atoms with Crippen molar-refractivity contribution < 1.29 is 4.43 Å². The standard InChI is InChI=1S/C19H24OSi/c1-15-11-12-18(19(2,3)14-15)21-13-7-10-17(20-21)16-8-5-4-6-9-16/h4-9,11-14,17-18,21H,10H2,1-3H3. The van der Waals surface area contributed by atoms with E-state index < -0.39 is 9.04 Å². The number of hydrogen-bond donors (Lipinski definition) is 0. The number of allylic oxidation sites excluding steroid dienone is 4. The molecule has 1 heterocycles. The molecule has 0 aromatic heterocycles. The summed E-state index contributed by atoms with van der Waals surface area (Å²) in [6.07, 6.45) is 10.6. The van der Waals surface area contributed by atoms with E-state index in [0.29, 0.717) is 5.54 Å². The predicted molar refractivity (Wildman–Crippen MR) is 91.6 cm³/mol. The molecule has 0 radical (unpaired) electrons. The van der Waals surface area contributed by atoms with Crippen molar-refractivity contribution in [2.75, 3.05) is 0 Å². The van der Waals surface area contributed by atoms with Crippen molar-refractivity contribution in [2.45, 2.75) is 38.8 Å². The maximum atomic E-state index is 6.55. The summed E-state index contributed by atoms with van der Waals surface area (Å²) in [5.74, 6) is 0. The smallest absolute Gasteiger partial charge is 0.209 e. The lowest BCUT2D eigenvalue weighted by molar-refractivity contribution is 0.197. The van der Waals surface area contributed by atoms with Crippen LogP contribution >= 0.6 is 0 Å². The molecule has 0 saturated heterocycles. The van der Waals surface area contributed by atoms with Gasteiger partial charge in [0.1, 0.15) is 0 Å². The zero-order valence-electron chi connectivity index (χ0n) is 13.1. The molecule has 0 saturated carbocycles. The second-order valence-electron chi connectivity index (χ2n) is 6.76. The number of benzene rings is 1. The van der Waals surface area contributed by atoms with Gasteiger partial charge in [0.2, 0.25) is 9.04 Å². The molecule has 110 valence electrons. The second kappa shape index (κ2) is 5.78. The van der Waals surface area contributed by atoms with Crippen molar-refractivity contribution in [1.82, 2.24) is 0 Å². The Morgan fingerprint density at radius 1 is 1.19 bits per heavy atom. The molecule has 0 amide bonds. The van der Waals surface area contributed by atoms with E-state index in [4.69, 9.17) is 4.43 Å². The van der Waals surface area contributed by atoms with E-state index in [9.17, 15) is 0 Å². The third kappa shape index (κ3) is 3.12. The van der Waals surface area contributed by atoms with Crippen LogP contribution < -0.4 is 0 Å². The molecule has 1 aromatic carbocycles. The molecule has 2 heteroatoms. The first-order valence-electron chi connectivity index (χ1n) is 7.81. The van der Waals surface area contributed by atoms with Gasteiger partial charge in [0, 0.05) is 5.54 Å². The van der Waals surface area contributed by atoms with Gasteiger partial charge >= 0.3 is 0 Å². The highest BCUT2D eigenvalue weighted by Gasteiger charge is 2.37. The van der Waals surface area contributed by atoms with Crippen LogP contribution in [0.3, 0.4) is 0 Å². The molecule has 1 aliphatic heterocycles. The van der Waals surface area contributed by atoms with Gasteiger partial charge < -0.3 is 4.43 Å². The zero-order chi connectivity index (χ0) is 14.9. The van der Waals surface area contributed by atoms with E-state index in [0.717, 1.165) is 6.42 Å². The summed E-state index contributed by atoms with van der Waals surface area (Å²) in [4.78, 5) is 0. The van der Waals surface area contributed by atoms with Crippen molar-refractivity contribution in [3.05, 3.63) is 71.5 Å². The van der Waals surface area contributed by atoms with Crippen molar-refractivity contribution in [3.63, 3.8) is 0 Å². The van der Waals surface area contributed by atoms with Crippen molar-refractivity contribution in [1.29, 1.82) is 0 Å². The van der Waals surface area contributed by atoms with E-state index in [1.165, 1.54) is 11.1 Å². The third-order valence-electron chi connectivity index (χ3n) is 4.55. The highest BCUT2D eigenvalue weighted by Crippen LogP contribution is 2.44. The topological polar surface area (TPSA) is 9.23 Å². The van der Waals surface area contributed by atoms with Gasteiger partial charge in [-0.2, -0.15) is 0 Å². The van der Waals surface area contributed by atoms with E-state index in [1.807, 2.05) is 0 Å². The molecule has 3 atom stereocenters. The average molecular weight is 296 g/mol.